The van der Waals surface area contributed by atoms with Crippen LogP contribution in [-0.4, -0.2) is 25.7 Å². The lowest BCUT2D eigenvalue weighted by Crippen LogP contribution is -1.86. The first-order chi connectivity index (χ1) is 5.68. The highest BCUT2D eigenvalue weighted by molar-refractivity contribution is 9.49. The maximum atomic E-state index is 3.53. The fourth-order valence-corrected chi connectivity index (χ4v) is 4.08. The van der Waals surface area contributed by atoms with Gasteiger partial charge in [-0.2, -0.15) is 28.1 Å². The van der Waals surface area contributed by atoms with Crippen LogP contribution in [0.5, 0.6) is 0 Å². The Labute approximate surface area is 102 Å². The smallest absolute Gasteiger partial charge is 0.197 e. The normalized spacial score (nSPS) is 8.42. The molecule has 0 aliphatic heterocycles. The second-order valence-corrected chi connectivity index (χ2v) is 17.3. The maximum absolute atomic E-state index is 3.53. The number of hydrogen-bond acceptors (Lipinski definition) is 0. The van der Waals surface area contributed by atoms with Crippen molar-refractivity contribution in [1.29, 1.82) is 0 Å². The highest BCUT2D eigenvalue weighted by atomic mass is 79.9. The summed E-state index contributed by atoms with van der Waals surface area (Å²) in [6, 6.07) is 0. The summed E-state index contributed by atoms with van der Waals surface area (Å²) in [5.41, 5.74) is 0. The standard InChI is InChI=1S/C4H9.2C2H5.2Al.2BrH.H/c1-3-4-2;2*1-2;;;;;/h1,3-4H2,2H3;2*1H2,2H3;;;2*1H;/q;;;;+2;;;/p-2. The Morgan fingerprint density at radius 3 is 1.67 bits per heavy atom. The fraction of sp³-hybridized carbons (Fsp3) is 1.00. The molecule has 0 radical (unpaired) electrons. The summed E-state index contributed by atoms with van der Waals surface area (Å²) in [5.74, 6) is 0. The quantitative estimate of drug-likeness (QED) is 0.657. The first-order valence-electron chi connectivity index (χ1n) is 4.97. The molecule has 0 fully saturated rings. The summed E-state index contributed by atoms with van der Waals surface area (Å²) in [5, 5.41) is 4.34. The molecule has 0 unspecified atom stereocenters. The molecule has 0 nitrogen and oxygen atoms in total. The van der Waals surface area contributed by atoms with Gasteiger partial charge in [0.1, 0.15) is 0 Å². The zero-order chi connectivity index (χ0) is 9.82. The Morgan fingerprint density at radius 2 is 1.58 bits per heavy atom. The molecule has 4 heteroatoms. The van der Waals surface area contributed by atoms with Crippen LogP contribution in [0.4, 0.5) is 0 Å². The Bertz CT molecular complexity index is 68.1. The second-order valence-electron chi connectivity index (χ2n) is 2.89. The predicted octanol–water partition coefficient (Wildman–Crippen LogP) is 4.36. The molecule has 0 amide bonds. The number of unbranched alkanes of at least 4 members (excludes halogenated alkanes) is 1. The van der Waals surface area contributed by atoms with Crippen molar-refractivity contribution in [2.75, 3.05) is 0 Å². The Morgan fingerprint density at radius 1 is 1.08 bits per heavy atom. The lowest BCUT2D eigenvalue weighted by atomic mass is 10.4. The molecule has 0 spiro atoms. The van der Waals surface area contributed by atoms with Crippen molar-refractivity contribution in [2.45, 2.75) is 49.5 Å². The second kappa shape index (κ2) is 15.5. The van der Waals surface area contributed by atoms with Gasteiger partial charge < -0.3 is 0 Å². The molecule has 0 aliphatic carbocycles. The van der Waals surface area contributed by atoms with Crippen LogP contribution in [0.25, 0.3) is 0 Å². The first kappa shape index (κ1) is 16.5. The molecular weight excluding hydrogens is 310 g/mol. The van der Waals surface area contributed by atoms with E-state index in [0.717, 1.165) is 0 Å². The largest absolute Gasteiger partial charge is 0.456 e. The maximum Gasteiger partial charge on any atom is 0.456 e. The van der Waals surface area contributed by atoms with Crippen LogP contribution in [0, 0.1) is 0 Å². The third-order valence-electron chi connectivity index (χ3n) is 1.48. The lowest BCUT2D eigenvalue weighted by Gasteiger charge is -1.89. The van der Waals surface area contributed by atoms with E-state index in [1.165, 1.54) is 28.7 Å². The van der Waals surface area contributed by atoms with Gasteiger partial charge in [-0.15, -0.1) is 10.6 Å². The van der Waals surface area contributed by atoms with E-state index in [2.05, 4.69) is 48.9 Å². The van der Waals surface area contributed by atoms with Crippen LogP contribution in [0.1, 0.15) is 33.6 Å². The van der Waals surface area contributed by atoms with E-state index >= 15 is 0 Å². The van der Waals surface area contributed by atoms with Gasteiger partial charge in [0.15, 0.2) is 0 Å². The fourth-order valence-electron chi connectivity index (χ4n) is 0.712. The van der Waals surface area contributed by atoms with Gasteiger partial charge in [-0.05, 0) is 0 Å². The third-order valence-corrected chi connectivity index (χ3v) is 6.49. The number of rotatable bonds is 5. The summed E-state index contributed by atoms with van der Waals surface area (Å²) in [6.07, 6.45) is 2.69. The van der Waals surface area contributed by atoms with Crippen molar-refractivity contribution < 1.29 is 0 Å². The van der Waals surface area contributed by atoms with Crippen LogP contribution in [-0.2, 0) is 0 Å². The van der Waals surface area contributed by atoms with Crippen LogP contribution in [0.15, 0.2) is 0 Å². The minimum absolute atomic E-state index is 0.432. The van der Waals surface area contributed by atoms with Crippen molar-refractivity contribution in [1.82, 2.24) is 0 Å². The van der Waals surface area contributed by atoms with E-state index in [0.29, 0.717) is 15.2 Å². The molecule has 0 heterocycles. The average Bonchev–Trinajstić information content (AvgIpc) is 2.03. The van der Waals surface area contributed by atoms with E-state index in [1.807, 2.05) is 0 Å². The van der Waals surface area contributed by atoms with Crippen molar-refractivity contribution in [2.24, 2.45) is 0 Å². The van der Waals surface area contributed by atoms with Gasteiger partial charge in [-0.25, -0.2) is 0 Å². The van der Waals surface area contributed by atoms with E-state index < -0.39 is 10.5 Å². The van der Waals surface area contributed by atoms with Crippen LogP contribution >= 0.6 is 28.1 Å². The zero-order valence-corrected chi connectivity index (χ0v) is 14.3. The minimum Gasteiger partial charge on any atom is -0.197 e. The molecule has 0 saturated heterocycles. The summed E-state index contributed by atoms with van der Waals surface area (Å²) in [6.45, 7) is 6.77. The molecule has 72 valence electrons. The van der Waals surface area contributed by atoms with E-state index in [4.69, 9.17) is 0 Å². The van der Waals surface area contributed by atoms with E-state index in [-0.39, 0.29) is 0 Å². The molecule has 0 aromatic rings. The highest BCUT2D eigenvalue weighted by Gasteiger charge is 2.04. The topological polar surface area (TPSA) is 0 Å². The van der Waals surface area contributed by atoms with Crippen LogP contribution in [0.3, 0.4) is 0 Å². The molecule has 0 atom stereocenters. The first-order valence-corrected chi connectivity index (χ1v) is 14.1. The molecular formula is C8H20Al2Br2. The summed E-state index contributed by atoms with van der Waals surface area (Å²) in [7, 11) is -0.563. The van der Waals surface area contributed by atoms with Gasteiger partial charge in [0.25, 0.3) is 0 Å². The van der Waals surface area contributed by atoms with Gasteiger partial charge in [0, 0.05) is 0 Å². The van der Waals surface area contributed by atoms with Gasteiger partial charge in [0.2, 0.25) is 15.2 Å². The number of halogens is 2. The van der Waals surface area contributed by atoms with Crippen LogP contribution in [0.2, 0.25) is 15.8 Å². The van der Waals surface area contributed by atoms with E-state index in [9.17, 15) is 0 Å². The summed E-state index contributed by atoms with van der Waals surface area (Å²) in [4.78, 5) is 0. The molecule has 0 saturated carbocycles. The SMILES string of the molecule is CCC[CH2][Al]([Br])[Br].C[CH2][AlH][CH2]C. The summed E-state index contributed by atoms with van der Waals surface area (Å²) < 4.78 is 0. The van der Waals surface area contributed by atoms with Gasteiger partial charge in [0.05, 0.1) is 0 Å². The van der Waals surface area contributed by atoms with Crippen molar-refractivity contribution in [3.63, 3.8) is 0 Å². The van der Waals surface area contributed by atoms with E-state index in [1.54, 1.807) is 0 Å². The van der Waals surface area contributed by atoms with Gasteiger partial charge >= 0.3 is 10.5 Å². The Balaban J connectivity index is 0. The molecule has 0 N–H and O–H groups in total. The predicted molar refractivity (Wildman–Crippen MR) is 71.4 cm³/mol. The molecule has 12 heavy (non-hydrogen) atoms. The molecule has 0 aromatic carbocycles. The molecule has 0 rings (SSSR count). The zero-order valence-electron chi connectivity index (χ0n) is 8.58. The molecule has 0 bridgehead atoms. The van der Waals surface area contributed by atoms with Crippen molar-refractivity contribution in [3.8, 4) is 0 Å². The average molecular weight is 330 g/mol. The molecule has 0 aromatic heterocycles. The van der Waals surface area contributed by atoms with Crippen molar-refractivity contribution in [3.05, 3.63) is 0 Å². The Kier molecular flexibility index (Phi) is 21.2. The third kappa shape index (κ3) is 22.7. The lowest BCUT2D eigenvalue weighted by molar-refractivity contribution is 0.882. The van der Waals surface area contributed by atoms with Gasteiger partial charge in [-0.1, -0.05) is 38.9 Å². The highest BCUT2D eigenvalue weighted by Crippen LogP contribution is 2.11. The summed E-state index contributed by atoms with van der Waals surface area (Å²) >= 11 is 7.49. The Hall–Kier alpha value is 2.02. The minimum atomic E-state index is -0.563. The molecule has 0 aliphatic rings. The monoisotopic (exact) mass is 328 g/mol. The van der Waals surface area contributed by atoms with Crippen molar-refractivity contribution >= 4 is 53.8 Å². The number of hydrogen-bond donors (Lipinski definition) is 0. The van der Waals surface area contributed by atoms with Crippen LogP contribution < -0.4 is 0 Å². The van der Waals surface area contributed by atoms with Gasteiger partial charge in [-0.3, -0.25) is 0 Å².